The largest absolute Gasteiger partial charge is 0.469 e. The third kappa shape index (κ3) is 2.64. The van der Waals surface area contributed by atoms with E-state index in [9.17, 15) is 4.79 Å². The Morgan fingerprint density at radius 1 is 1.41 bits per heavy atom. The monoisotopic (exact) mass is 236 g/mol. The number of carbonyl (C=O) groups excluding carboxylic acids is 1. The molecule has 2 N–H and O–H groups in total. The van der Waals surface area contributed by atoms with Crippen LogP contribution in [0, 0.1) is 5.92 Å². The Morgan fingerprint density at radius 2 is 2.12 bits per heavy atom. The summed E-state index contributed by atoms with van der Waals surface area (Å²) in [7, 11) is 1.43. The highest BCUT2D eigenvalue weighted by Gasteiger charge is 2.26. The van der Waals surface area contributed by atoms with E-state index in [2.05, 4.69) is 15.1 Å². The number of carbonyl (C=O) groups is 1. The summed E-state index contributed by atoms with van der Waals surface area (Å²) in [5.74, 6) is 1.12. The molecular formula is C11H16N4O2. The van der Waals surface area contributed by atoms with Crippen molar-refractivity contribution in [3.05, 3.63) is 12.1 Å². The zero-order valence-electron chi connectivity index (χ0n) is 9.80. The number of nitrogens with two attached hydrogens (primary N) is 1. The molecule has 2 rings (SSSR count). The zero-order valence-corrected chi connectivity index (χ0v) is 9.80. The molecule has 2 heterocycles. The maximum Gasteiger partial charge on any atom is 0.308 e. The van der Waals surface area contributed by atoms with Crippen molar-refractivity contribution >= 4 is 17.6 Å². The van der Waals surface area contributed by atoms with Gasteiger partial charge in [-0.05, 0) is 25.0 Å². The standard InChI is InChI=1S/C11H16N4O2/c1-17-11(16)8-4-6-15(7-5-8)10-3-2-9(12)13-14-10/h2-3,8H,4-7H2,1H3,(H2,12,13). The number of nitrogen functional groups attached to an aromatic ring is 1. The van der Waals surface area contributed by atoms with Gasteiger partial charge in [-0.2, -0.15) is 0 Å². The molecule has 0 saturated carbocycles. The molecule has 1 aliphatic rings. The van der Waals surface area contributed by atoms with E-state index in [4.69, 9.17) is 10.5 Å². The van der Waals surface area contributed by atoms with Crippen LogP contribution in [0.5, 0.6) is 0 Å². The summed E-state index contributed by atoms with van der Waals surface area (Å²) >= 11 is 0. The molecule has 1 saturated heterocycles. The Bertz CT molecular complexity index is 385. The van der Waals surface area contributed by atoms with Crippen LogP contribution in [-0.2, 0) is 9.53 Å². The quantitative estimate of drug-likeness (QED) is 0.751. The zero-order chi connectivity index (χ0) is 12.3. The second-order valence-electron chi connectivity index (χ2n) is 4.10. The Morgan fingerprint density at radius 3 is 2.65 bits per heavy atom. The molecule has 0 atom stereocenters. The Labute approximate surface area is 99.8 Å². The van der Waals surface area contributed by atoms with Gasteiger partial charge in [-0.1, -0.05) is 0 Å². The molecule has 6 nitrogen and oxygen atoms in total. The summed E-state index contributed by atoms with van der Waals surface area (Å²) in [6, 6.07) is 3.58. The van der Waals surface area contributed by atoms with Gasteiger partial charge >= 0.3 is 5.97 Å². The third-order valence-corrected chi connectivity index (χ3v) is 3.02. The summed E-state index contributed by atoms with van der Waals surface area (Å²) in [4.78, 5) is 13.5. The van der Waals surface area contributed by atoms with Crippen molar-refractivity contribution in [2.24, 2.45) is 5.92 Å². The van der Waals surface area contributed by atoms with Gasteiger partial charge in [0.2, 0.25) is 0 Å². The van der Waals surface area contributed by atoms with Crippen LogP contribution >= 0.6 is 0 Å². The van der Waals surface area contributed by atoms with E-state index in [0.717, 1.165) is 31.7 Å². The van der Waals surface area contributed by atoms with Crippen molar-refractivity contribution < 1.29 is 9.53 Å². The summed E-state index contributed by atoms with van der Waals surface area (Å²) in [5, 5.41) is 7.85. The molecule has 0 radical (unpaired) electrons. The first-order valence-corrected chi connectivity index (χ1v) is 5.62. The van der Waals surface area contributed by atoms with Gasteiger partial charge in [0.1, 0.15) is 5.82 Å². The predicted molar refractivity (Wildman–Crippen MR) is 63.4 cm³/mol. The fourth-order valence-corrected chi connectivity index (χ4v) is 2.02. The van der Waals surface area contributed by atoms with E-state index in [0.29, 0.717) is 5.82 Å². The predicted octanol–water partition coefficient (Wildman–Crippen LogP) is 0.448. The number of aromatic nitrogens is 2. The molecule has 6 heteroatoms. The van der Waals surface area contributed by atoms with Crippen molar-refractivity contribution in [2.75, 3.05) is 30.8 Å². The molecular weight excluding hydrogens is 220 g/mol. The van der Waals surface area contributed by atoms with Crippen molar-refractivity contribution in [3.8, 4) is 0 Å². The Hall–Kier alpha value is -1.85. The lowest BCUT2D eigenvalue weighted by Crippen LogP contribution is -2.37. The van der Waals surface area contributed by atoms with E-state index in [-0.39, 0.29) is 11.9 Å². The van der Waals surface area contributed by atoms with Gasteiger partial charge in [0.25, 0.3) is 0 Å². The number of ether oxygens (including phenoxy) is 1. The van der Waals surface area contributed by atoms with E-state index < -0.39 is 0 Å². The van der Waals surface area contributed by atoms with Gasteiger partial charge in [0.05, 0.1) is 13.0 Å². The van der Waals surface area contributed by atoms with E-state index in [1.165, 1.54) is 7.11 Å². The molecule has 17 heavy (non-hydrogen) atoms. The smallest absolute Gasteiger partial charge is 0.308 e. The highest BCUT2D eigenvalue weighted by atomic mass is 16.5. The number of esters is 1. The van der Waals surface area contributed by atoms with E-state index >= 15 is 0 Å². The lowest BCUT2D eigenvalue weighted by atomic mass is 9.97. The Kier molecular flexibility index (Phi) is 3.41. The van der Waals surface area contributed by atoms with Crippen LogP contribution in [0.3, 0.4) is 0 Å². The van der Waals surface area contributed by atoms with E-state index in [1.54, 1.807) is 6.07 Å². The van der Waals surface area contributed by atoms with Crippen LogP contribution in [0.4, 0.5) is 11.6 Å². The molecule has 1 aliphatic heterocycles. The van der Waals surface area contributed by atoms with Gasteiger partial charge in [-0.25, -0.2) is 0 Å². The lowest BCUT2D eigenvalue weighted by molar-refractivity contribution is -0.146. The van der Waals surface area contributed by atoms with Crippen LogP contribution in [0.2, 0.25) is 0 Å². The second kappa shape index (κ2) is 4.99. The van der Waals surface area contributed by atoms with Crippen molar-refractivity contribution in [3.63, 3.8) is 0 Å². The molecule has 0 spiro atoms. The average Bonchev–Trinajstić information content (AvgIpc) is 2.39. The maximum atomic E-state index is 11.4. The number of nitrogens with zero attached hydrogens (tertiary/aromatic N) is 3. The summed E-state index contributed by atoms with van der Waals surface area (Å²) in [6.45, 7) is 1.58. The van der Waals surface area contributed by atoms with Crippen LogP contribution in [0.25, 0.3) is 0 Å². The fraction of sp³-hybridized carbons (Fsp3) is 0.545. The molecule has 0 aromatic carbocycles. The first-order valence-electron chi connectivity index (χ1n) is 5.62. The minimum absolute atomic E-state index is 0.0120. The van der Waals surface area contributed by atoms with Crippen molar-refractivity contribution in [2.45, 2.75) is 12.8 Å². The minimum atomic E-state index is -0.118. The molecule has 0 aliphatic carbocycles. The molecule has 0 unspecified atom stereocenters. The average molecular weight is 236 g/mol. The highest BCUT2D eigenvalue weighted by Crippen LogP contribution is 2.22. The number of rotatable bonds is 2. The summed E-state index contributed by atoms with van der Waals surface area (Å²) in [5.41, 5.74) is 5.48. The number of piperidine rings is 1. The highest BCUT2D eigenvalue weighted by molar-refractivity contribution is 5.72. The van der Waals surface area contributed by atoms with Gasteiger partial charge in [-0.15, -0.1) is 10.2 Å². The van der Waals surface area contributed by atoms with Gasteiger partial charge in [-0.3, -0.25) is 4.79 Å². The van der Waals surface area contributed by atoms with Crippen molar-refractivity contribution in [1.82, 2.24) is 10.2 Å². The molecule has 1 aromatic heterocycles. The number of hydrogen-bond donors (Lipinski definition) is 1. The lowest BCUT2D eigenvalue weighted by Gasteiger charge is -2.31. The number of methoxy groups -OCH3 is 1. The van der Waals surface area contributed by atoms with Crippen LogP contribution < -0.4 is 10.6 Å². The van der Waals surface area contributed by atoms with Crippen molar-refractivity contribution in [1.29, 1.82) is 0 Å². The Balaban J connectivity index is 1.95. The third-order valence-electron chi connectivity index (χ3n) is 3.02. The molecule has 0 bridgehead atoms. The topological polar surface area (TPSA) is 81.3 Å². The van der Waals surface area contributed by atoms with Gasteiger partial charge in [0.15, 0.2) is 5.82 Å². The minimum Gasteiger partial charge on any atom is -0.469 e. The normalized spacial score (nSPS) is 16.9. The maximum absolute atomic E-state index is 11.4. The van der Waals surface area contributed by atoms with Crippen LogP contribution in [0.1, 0.15) is 12.8 Å². The number of anilines is 2. The van der Waals surface area contributed by atoms with Gasteiger partial charge < -0.3 is 15.4 Å². The second-order valence-corrected chi connectivity index (χ2v) is 4.10. The number of hydrogen-bond acceptors (Lipinski definition) is 6. The van der Waals surface area contributed by atoms with Crippen LogP contribution in [-0.4, -0.2) is 36.4 Å². The first-order chi connectivity index (χ1) is 8.20. The molecule has 1 aromatic rings. The SMILES string of the molecule is COC(=O)C1CCN(c2ccc(N)nn2)CC1. The molecule has 92 valence electrons. The van der Waals surface area contributed by atoms with Gasteiger partial charge in [0, 0.05) is 13.1 Å². The molecule has 1 fully saturated rings. The summed E-state index contributed by atoms with van der Waals surface area (Å²) < 4.78 is 4.74. The van der Waals surface area contributed by atoms with E-state index in [1.807, 2.05) is 6.07 Å². The summed E-state index contributed by atoms with van der Waals surface area (Å²) in [6.07, 6.45) is 1.58. The molecule has 0 amide bonds. The van der Waals surface area contributed by atoms with Crippen LogP contribution in [0.15, 0.2) is 12.1 Å². The fourth-order valence-electron chi connectivity index (χ4n) is 2.02. The first kappa shape index (κ1) is 11.6.